The molecule has 0 spiro atoms. The van der Waals surface area contributed by atoms with E-state index in [-0.39, 0.29) is 24.2 Å². The largest absolute Gasteiger partial charge is 0.329 e. The highest BCUT2D eigenvalue weighted by Gasteiger charge is 2.46. The molecular formula is C27H32N4O3. The number of hydrogen-bond donors (Lipinski definition) is 1. The van der Waals surface area contributed by atoms with E-state index in [2.05, 4.69) is 11.4 Å². The molecule has 34 heavy (non-hydrogen) atoms. The molecular weight excluding hydrogens is 428 g/mol. The van der Waals surface area contributed by atoms with Crippen LogP contribution in [-0.2, 0) is 19.8 Å². The van der Waals surface area contributed by atoms with Crippen LogP contribution < -0.4 is 10.2 Å². The summed E-state index contributed by atoms with van der Waals surface area (Å²) in [6, 6.07) is 17.9. The summed E-state index contributed by atoms with van der Waals surface area (Å²) in [7, 11) is 3.20. The van der Waals surface area contributed by atoms with Gasteiger partial charge in [0.1, 0.15) is 12.0 Å². The number of fused-ring (bicyclic) bond motifs is 1. The Labute approximate surface area is 201 Å². The van der Waals surface area contributed by atoms with Crippen molar-refractivity contribution in [1.29, 1.82) is 5.26 Å². The van der Waals surface area contributed by atoms with E-state index in [1.54, 1.807) is 21.0 Å². The molecule has 3 amide bonds. The van der Waals surface area contributed by atoms with E-state index in [0.717, 1.165) is 11.3 Å². The van der Waals surface area contributed by atoms with E-state index in [1.807, 2.05) is 68.4 Å². The third kappa shape index (κ3) is 4.81. The molecule has 7 nitrogen and oxygen atoms in total. The van der Waals surface area contributed by atoms with Crippen molar-refractivity contribution in [2.75, 3.05) is 24.3 Å². The quantitative estimate of drug-likeness (QED) is 0.604. The van der Waals surface area contributed by atoms with Gasteiger partial charge in [-0.05, 0) is 49.4 Å². The normalized spacial score (nSPS) is 18.4. The zero-order valence-corrected chi connectivity index (χ0v) is 20.4. The van der Waals surface area contributed by atoms with E-state index in [9.17, 15) is 19.6 Å². The number of amides is 3. The van der Waals surface area contributed by atoms with Gasteiger partial charge in [0.2, 0.25) is 17.7 Å². The zero-order valence-electron chi connectivity index (χ0n) is 20.4. The first-order chi connectivity index (χ1) is 16.1. The lowest BCUT2D eigenvalue weighted by atomic mass is 9.78. The number of anilines is 2. The topological polar surface area (TPSA) is 93.5 Å². The summed E-state index contributed by atoms with van der Waals surface area (Å²) in [5.41, 5.74) is 1.27. The lowest BCUT2D eigenvalue weighted by Crippen LogP contribution is -2.49. The third-order valence-electron chi connectivity index (χ3n) is 6.61. The fourth-order valence-electron chi connectivity index (χ4n) is 4.51. The molecule has 2 aromatic rings. The second-order valence-corrected chi connectivity index (χ2v) is 9.54. The van der Waals surface area contributed by atoms with Gasteiger partial charge in [0, 0.05) is 25.5 Å². The Kier molecular flexibility index (Phi) is 7.41. The molecule has 1 N–H and O–H groups in total. The van der Waals surface area contributed by atoms with Gasteiger partial charge in [0.25, 0.3) is 0 Å². The van der Waals surface area contributed by atoms with Gasteiger partial charge in [0.15, 0.2) is 0 Å². The molecule has 1 unspecified atom stereocenters. The molecule has 0 aliphatic carbocycles. The van der Waals surface area contributed by atoms with Gasteiger partial charge < -0.3 is 15.1 Å². The van der Waals surface area contributed by atoms with Crippen LogP contribution in [0.1, 0.15) is 39.2 Å². The summed E-state index contributed by atoms with van der Waals surface area (Å²) < 4.78 is 0. The van der Waals surface area contributed by atoms with Crippen LogP contribution in [0.3, 0.4) is 0 Å². The number of nitrogens with one attached hydrogen (secondary N) is 1. The predicted molar refractivity (Wildman–Crippen MR) is 132 cm³/mol. The van der Waals surface area contributed by atoms with Crippen molar-refractivity contribution in [2.45, 2.75) is 45.1 Å². The summed E-state index contributed by atoms with van der Waals surface area (Å²) in [6.45, 7) is 5.70. The van der Waals surface area contributed by atoms with Crippen LogP contribution in [0.2, 0.25) is 0 Å². The van der Waals surface area contributed by atoms with Crippen LogP contribution in [-0.4, -0.2) is 42.8 Å². The SMILES string of the molecule is CC(C)CC(C(=O)N(C)c1ccccc1)C(=O)N(C)[C@H](C#N)C[C@@]1(C)C(=O)Nc2ccccc21. The number of nitriles is 1. The van der Waals surface area contributed by atoms with Crippen LogP contribution in [0.15, 0.2) is 54.6 Å². The Morgan fingerprint density at radius 2 is 1.65 bits per heavy atom. The zero-order chi connectivity index (χ0) is 25.0. The monoisotopic (exact) mass is 460 g/mol. The maximum Gasteiger partial charge on any atom is 0.239 e. The molecule has 0 saturated carbocycles. The third-order valence-corrected chi connectivity index (χ3v) is 6.61. The van der Waals surface area contributed by atoms with E-state index in [0.29, 0.717) is 12.1 Å². The van der Waals surface area contributed by atoms with Gasteiger partial charge in [-0.3, -0.25) is 14.4 Å². The minimum atomic E-state index is -0.954. The summed E-state index contributed by atoms with van der Waals surface area (Å²) in [4.78, 5) is 42.6. The second kappa shape index (κ2) is 10.1. The van der Waals surface area contributed by atoms with Gasteiger partial charge in [-0.2, -0.15) is 5.26 Å². The molecule has 0 radical (unpaired) electrons. The molecule has 1 heterocycles. The number of carbonyl (C=O) groups is 3. The molecule has 1 aliphatic heterocycles. The van der Waals surface area contributed by atoms with Gasteiger partial charge in [-0.15, -0.1) is 0 Å². The van der Waals surface area contributed by atoms with E-state index >= 15 is 0 Å². The van der Waals surface area contributed by atoms with Crippen molar-refractivity contribution >= 4 is 29.1 Å². The van der Waals surface area contributed by atoms with E-state index in [4.69, 9.17) is 0 Å². The average Bonchev–Trinajstić information content (AvgIpc) is 3.09. The van der Waals surface area contributed by atoms with Crippen molar-refractivity contribution in [3.8, 4) is 6.07 Å². The molecule has 0 saturated heterocycles. The number of hydrogen-bond acceptors (Lipinski definition) is 4. The number of carbonyl (C=O) groups excluding carboxylic acids is 3. The fraction of sp³-hybridized carbons (Fsp3) is 0.407. The van der Waals surface area contributed by atoms with Gasteiger partial charge in [-0.1, -0.05) is 50.2 Å². The van der Waals surface area contributed by atoms with Crippen molar-refractivity contribution < 1.29 is 14.4 Å². The molecule has 7 heteroatoms. The molecule has 3 atom stereocenters. The first-order valence-corrected chi connectivity index (χ1v) is 11.5. The Morgan fingerprint density at radius 1 is 1.03 bits per heavy atom. The molecule has 1 aliphatic rings. The standard InChI is InChI=1S/C27H32N4O3/c1-18(2)15-21(24(32)30(4)19-11-7-6-8-12-19)25(33)31(5)20(17-28)16-27(3)22-13-9-10-14-23(22)29-26(27)34/h6-14,18,20-21H,15-16H2,1-5H3,(H,29,34)/t20-,21?,27+/m0/s1. The summed E-state index contributed by atoms with van der Waals surface area (Å²) in [5, 5.41) is 12.8. The minimum Gasteiger partial charge on any atom is -0.329 e. The molecule has 0 fully saturated rings. The Balaban J connectivity index is 1.85. The summed E-state index contributed by atoms with van der Waals surface area (Å²) in [6.07, 6.45) is 0.490. The predicted octanol–water partition coefficient (Wildman–Crippen LogP) is 3.96. The summed E-state index contributed by atoms with van der Waals surface area (Å²) in [5.74, 6) is -1.76. The Morgan fingerprint density at radius 3 is 2.26 bits per heavy atom. The van der Waals surface area contributed by atoms with Crippen LogP contribution in [0.25, 0.3) is 0 Å². The van der Waals surface area contributed by atoms with Crippen LogP contribution in [0.4, 0.5) is 11.4 Å². The van der Waals surface area contributed by atoms with E-state index < -0.39 is 23.3 Å². The Bertz CT molecular complexity index is 1110. The van der Waals surface area contributed by atoms with Crippen molar-refractivity contribution in [3.63, 3.8) is 0 Å². The lowest BCUT2D eigenvalue weighted by molar-refractivity contribution is -0.142. The lowest BCUT2D eigenvalue weighted by Gasteiger charge is -2.33. The first kappa shape index (κ1) is 25.0. The highest BCUT2D eigenvalue weighted by Crippen LogP contribution is 2.41. The van der Waals surface area contributed by atoms with E-state index in [1.165, 1.54) is 9.80 Å². The smallest absolute Gasteiger partial charge is 0.239 e. The van der Waals surface area contributed by atoms with Gasteiger partial charge in [-0.25, -0.2) is 0 Å². The van der Waals surface area contributed by atoms with Crippen LogP contribution >= 0.6 is 0 Å². The number of benzene rings is 2. The molecule has 178 valence electrons. The summed E-state index contributed by atoms with van der Waals surface area (Å²) >= 11 is 0. The molecule has 2 aromatic carbocycles. The fourth-order valence-corrected chi connectivity index (χ4v) is 4.51. The van der Waals surface area contributed by atoms with Crippen LogP contribution in [0, 0.1) is 23.2 Å². The highest BCUT2D eigenvalue weighted by molar-refractivity contribution is 6.08. The Hall–Kier alpha value is -3.66. The number of nitrogens with zero attached hydrogens (tertiary/aromatic N) is 3. The van der Waals surface area contributed by atoms with Crippen LogP contribution in [0.5, 0.6) is 0 Å². The molecule has 3 rings (SSSR count). The maximum absolute atomic E-state index is 13.6. The number of rotatable bonds is 8. The maximum atomic E-state index is 13.6. The average molecular weight is 461 g/mol. The first-order valence-electron chi connectivity index (χ1n) is 11.5. The highest BCUT2D eigenvalue weighted by atomic mass is 16.2. The minimum absolute atomic E-state index is 0.0982. The van der Waals surface area contributed by atoms with Gasteiger partial charge >= 0.3 is 0 Å². The molecule has 0 aromatic heterocycles. The van der Waals surface area contributed by atoms with Crippen molar-refractivity contribution in [2.24, 2.45) is 11.8 Å². The molecule has 0 bridgehead atoms. The van der Waals surface area contributed by atoms with Gasteiger partial charge in [0.05, 0.1) is 11.5 Å². The van der Waals surface area contributed by atoms with Crippen molar-refractivity contribution in [1.82, 2.24) is 4.90 Å². The second-order valence-electron chi connectivity index (χ2n) is 9.54. The number of para-hydroxylation sites is 2. The van der Waals surface area contributed by atoms with Crippen molar-refractivity contribution in [3.05, 3.63) is 60.2 Å².